The maximum Gasteiger partial charge on any atom is 0.268 e. The molecule has 170 valence electrons. The zero-order valence-corrected chi connectivity index (χ0v) is 18.3. The van der Waals surface area contributed by atoms with Gasteiger partial charge in [0, 0.05) is 48.2 Å². The molecule has 1 amide bonds. The first-order chi connectivity index (χ1) is 16.0. The Hall–Kier alpha value is -3.72. The Labute approximate surface area is 190 Å². The zero-order valence-electron chi connectivity index (χ0n) is 18.3. The highest BCUT2D eigenvalue weighted by Crippen LogP contribution is 2.40. The molecule has 3 aromatic rings. The number of piperazine rings is 1. The molecule has 0 aliphatic carbocycles. The molecule has 3 N–H and O–H groups in total. The van der Waals surface area contributed by atoms with Crippen molar-refractivity contribution in [1.29, 1.82) is 0 Å². The predicted molar refractivity (Wildman–Crippen MR) is 122 cm³/mol. The molecule has 3 heterocycles. The number of anilines is 1. The minimum Gasteiger partial charge on any atom is -0.497 e. The maximum atomic E-state index is 14.6. The van der Waals surface area contributed by atoms with Gasteiger partial charge in [-0.2, -0.15) is 0 Å². The molecule has 2 saturated heterocycles. The molecule has 8 nitrogen and oxygen atoms in total. The largest absolute Gasteiger partial charge is 0.497 e. The van der Waals surface area contributed by atoms with Crippen molar-refractivity contribution < 1.29 is 18.7 Å². The number of nitrogens with two attached hydrogens (primary N) is 1. The molecule has 1 aromatic heterocycles. The van der Waals surface area contributed by atoms with Crippen LogP contribution in [0.15, 0.2) is 42.6 Å². The van der Waals surface area contributed by atoms with E-state index in [1.807, 2.05) is 18.2 Å². The Morgan fingerprint density at radius 1 is 1.21 bits per heavy atom. The maximum absolute atomic E-state index is 14.6. The number of benzene rings is 2. The number of carbonyl (C=O) groups is 1. The number of fused-ring (bicyclic) bond motifs is 2. The summed E-state index contributed by atoms with van der Waals surface area (Å²) in [5.74, 6) is -0.369. The lowest BCUT2D eigenvalue weighted by Crippen LogP contribution is -2.43. The van der Waals surface area contributed by atoms with E-state index in [4.69, 9.17) is 15.2 Å². The van der Waals surface area contributed by atoms with Crippen LogP contribution >= 0.6 is 0 Å². The molecule has 2 bridgehead atoms. The van der Waals surface area contributed by atoms with Crippen molar-refractivity contribution in [2.75, 3.05) is 32.2 Å². The Bertz CT molecular complexity index is 1230. The van der Waals surface area contributed by atoms with Crippen molar-refractivity contribution in [3.8, 4) is 34.0 Å². The smallest absolute Gasteiger partial charge is 0.268 e. The van der Waals surface area contributed by atoms with E-state index >= 15 is 0 Å². The first-order valence-electron chi connectivity index (χ1n) is 10.7. The highest BCUT2D eigenvalue weighted by molar-refractivity contribution is 6.00. The number of rotatable bonds is 6. The summed E-state index contributed by atoms with van der Waals surface area (Å²) >= 11 is 0. The molecule has 2 aliphatic heterocycles. The van der Waals surface area contributed by atoms with Crippen molar-refractivity contribution >= 4 is 11.6 Å². The standard InChI is InChI=1S/C24H24FN5O3/c1-32-15-6-7-19(30-12-13-8-14(30)10-27-13)16(9-15)17-11-28-24(29-22(17)23(26)31)21-18(25)4-3-5-20(21)33-2/h3-7,9,11,13-14,27H,8,10,12H2,1-2H3,(H2,26,31)/t13-,14-/m1/s1. The molecule has 0 spiro atoms. The third-order valence-electron chi connectivity index (χ3n) is 6.30. The first kappa shape index (κ1) is 21.1. The summed E-state index contributed by atoms with van der Waals surface area (Å²) in [6, 6.07) is 10.9. The monoisotopic (exact) mass is 449 g/mol. The number of carbonyl (C=O) groups excluding carboxylic acids is 1. The molecule has 0 saturated carbocycles. The number of nitrogens with one attached hydrogen (secondary N) is 1. The fraction of sp³-hybridized carbons (Fsp3) is 0.292. The minimum absolute atomic E-state index is 0.00212. The Balaban J connectivity index is 1.67. The van der Waals surface area contributed by atoms with E-state index in [0.29, 0.717) is 23.4 Å². The second-order valence-corrected chi connectivity index (χ2v) is 8.17. The average molecular weight is 449 g/mol. The minimum atomic E-state index is -0.734. The summed E-state index contributed by atoms with van der Waals surface area (Å²) in [5, 5.41) is 3.50. The average Bonchev–Trinajstić information content (AvgIpc) is 3.47. The summed E-state index contributed by atoms with van der Waals surface area (Å²) in [6.07, 6.45) is 2.58. The number of hydrogen-bond acceptors (Lipinski definition) is 7. The molecule has 0 unspecified atom stereocenters. The molecule has 0 radical (unpaired) electrons. The summed E-state index contributed by atoms with van der Waals surface area (Å²) in [6.45, 7) is 1.77. The number of primary amides is 1. The van der Waals surface area contributed by atoms with Crippen molar-refractivity contribution in [3.63, 3.8) is 0 Å². The van der Waals surface area contributed by atoms with Crippen LogP contribution in [0.4, 0.5) is 10.1 Å². The summed E-state index contributed by atoms with van der Waals surface area (Å²) in [5.41, 5.74) is 7.96. The number of amides is 1. The van der Waals surface area contributed by atoms with E-state index in [1.165, 1.54) is 25.4 Å². The lowest BCUT2D eigenvalue weighted by atomic mass is 10.0. The van der Waals surface area contributed by atoms with Gasteiger partial charge in [-0.1, -0.05) is 6.07 Å². The van der Waals surface area contributed by atoms with Crippen LogP contribution in [0, 0.1) is 5.82 Å². The quantitative estimate of drug-likeness (QED) is 0.596. The van der Waals surface area contributed by atoms with Crippen LogP contribution in [-0.2, 0) is 0 Å². The lowest BCUT2D eigenvalue weighted by Gasteiger charge is -2.31. The van der Waals surface area contributed by atoms with Gasteiger partial charge in [-0.05, 0) is 36.8 Å². The molecular weight excluding hydrogens is 425 g/mol. The molecule has 5 rings (SSSR count). The fourth-order valence-corrected chi connectivity index (χ4v) is 4.74. The van der Waals surface area contributed by atoms with Gasteiger partial charge in [0.2, 0.25) is 0 Å². The lowest BCUT2D eigenvalue weighted by molar-refractivity contribution is 0.0996. The number of ether oxygens (including phenoxy) is 2. The second-order valence-electron chi connectivity index (χ2n) is 8.17. The molecule has 2 aliphatic rings. The predicted octanol–water partition coefficient (Wildman–Crippen LogP) is 2.62. The van der Waals surface area contributed by atoms with Gasteiger partial charge in [0.1, 0.15) is 23.0 Å². The van der Waals surface area contributed by atoms with E-state index in [2.05, 4.69) is 20.2 Å². The summed E-state index contributed by atoms with van der Waals surface area (Å²) in [4.78, 5) is 23.6. The number of methoxy groups -OCH3 is 2. The van der Waals surface area contributed by atoms with Gasteiger partial charge in [0.15, 0.2) is 5.82 Å². The third kappa shape index (κ3) is 3.64. The highest BCUT2D eigenvalue weighted by atomic mass is 19.1. The molecule has 9 heteroatoms. The van der Waals surface area contributed by atoms with Crippen molar-refractivity contribution in [2.45, 2.75) is 18.5 Å². The Morgan fingerprint density at radius 2 is 2.06 bits per heavy atom. The van der Waals surface area contributed by atoms with Crippen LogP contribution in [0.25, 0.3) is 22.5 Å². The molecular formula is C24H24FN5O3. The molecule has 2 atom stereocenters. The SMILES string of the molecule is COc1ccc(N2C[C@H]3C[C@@H]2CN3)c(-c2cnc(-c3c(F)cccc3OC)nc2C(N)=O)c1. The number of aromatic nitrogens is 2. The summed E-state index contributed by atoms with van der Waals surface area (Å²) < 4.78 is 25.3. The van der Waals surface area contributed by atoms with Crippen LogP contribution in [0.1, 0.15) is 16.9 Å². The van der Waals surface area contributed by atoms with E-state index < -0.39 is 11.7 Å². The topological polar surface area (TPSA) is 103 Å². The van der Waals surface area contributed by atoms with Crippen molar-refractivity contribution in [3.05, 3.63) is 54.1 Å². The van der Waals surface area contributed by atoms with E-state index in [1.54, 1.807) is 13.2 Å². The van der Waals surface area contributed by atoms with Gasteiger partial charge in [0.05, 0.1) is 19.8 Å². The van der Waals surface area contributed by atoms with Gasteiger partial charge in [-0.25, -0.2) is 14.4 Å². The number of hydrogen-bond donors (Lipinski definition) is 2. The van der Waals surface area contributed by atoms with Gasteiger partial charge in [-0.3, -0.25) is 4.79 Å². The van der Waals surface area contributed by atoms with Crippen LogP contribution in [0.2, 0.25) is 0 Å². The van der Waals surface area contributed by atoms with Crippen LogP contribution in [0.5, 0.6) is 11.5 Å². The second kappa shape index (κ2) is 8.32. The van der Waals surface area contributed by atoms with Crippen LogP contribution in [-0.4, -0.2) is 55.3 Å². The third-order valence-corrected chi connectivity index (χ3v) is 6.30. The van der Waals surface area contributed by atoms with Crippen molar-refractivity contribution in [1.82, 2.24) is 15.3 Å². The van der Waals surface area contributed by atoms with Gasteiger partial charge in [-0.15, -0.1) is 0 Å². The molecule has 2 aromatic carbocycles. The van der Waals surface area contributed by atoms with Gasteiger partial charge < -0.3 is 25.4 Å². The van der Waals surface area contributed by atoms with Gasteiger partial charge in [0.25, 0.3) is 5.91 Å². The van der Waals surface area contributed by atoms with Crippen LogP contribution in [0.3, 0.4) is 0 Å². The van der Waals surface area contributed by atoms with E-state index in [0.717, 1.165) is 30.8 Å². The van der Waals surface area contributed by atoms with E-state index in [9.17, 15) is 9.18 Å². The normalized spacial score (nSPS) is 19.1. The highest BCUT2D eigenvalue weighted by Gasteiger charge is 2.38. The molecule has 2 fully saturated rings. The first-order valence-corrected chi connectivity index (χ1v) is 10.7. The van der Waals surface area contributed by atoms with E-state index in [-0.39, 0.29) is 22.8 Å². The fourth-order valence-electron chi connectivity index (χ4n) is 4.74. The summed E-state index contributed by atoms with van der Waals surface area (Å²) in [7, 11) is 3.02. The van der Waals surface area contributed by atoms with Crippen molar-refractivity contribution in [2.24, 2.45) is 5.73 Å². The number of halogens is 1. The zero-order chi connectivity index (χ0) is 23.1. The Kier molecular flexibility index (Phi) is 5.33. The molecule has 33 heavy (non-hydrogen) atoms. The van der Waals surface area contributed by atoms with Crippen LogP contribution < -0.4 is 25.4 Å². The Morgan fingerprint density at radius 3 is 2.73 bits per heavy atom. The number of nitrogens with zero attached hydrogens (tertiary/aromatic N) is 3. The van der Waals surface area contributed by atoms with Gasteiger partial charge >= 0.3 is 0 Å².